The molecule has 0 amide bonds. The molecule has 1 heterocycles. The average Bonchev–Trinajstić information content (AvgIpc) is 2.83. The highest BCUT2D eigenvalue weighted by Crippen LogP contribution is 2.18. The quantitative estimate of drug-likeness (QED) is 0.395. The van der Waals surface area contributed by atoms with Gasteiger partial charge in [0.1, 0.15) is 23.5 Å². The van der Waals surface area contributed by atoms with Crippen LogP contribution in [-0.4, -0.2) is 46.1 Å². The van der Waals surface area contributed by atoms with E-state index in [1.54, 1.807) is 48.5 Å². The van der Waals surface area contributed by atoms with E-state index in [9.17, 15) is 19.5 Å². The Morgan fingerprint density at radius 3 is 1.74 bits per heavy atom. The molecule has 0 fully saturated rings. The third kappa shape index (κ3) is 4.96. The zero-order chi connectivity index (χ0) is 24.8. The van der Waals surface area contributed by atoms with Crippen LogP contribution in [0.1, 0.15) is 11.1 Å². The van der Waals surface area contributed by atoms with Crippen LogP contribution >= 0.6 is 0 Å². The smallest absolute Gasteiger partial charge is 0.322 e. The number of aliphatic hydroxyl groups is 1. The number of benzene rings is 2. The van der Waals surface area contributed by atoms with Crippen molar-refractivity contribution in [3.63, 3.8) is 0 Å². The number of hydrogen-bond donors (Lipinski definition) is 3. The van der Waals surface area contributed by atoms with Gasteiger partial charge >= 0.3 is 5.97 Å². The third-order valence-corrected chi connectivity index (χ3v) is 5.23. The summed E-state index contributed by atoms with van der Waals surface area (Å²) in [7, 11) is 2.99. The Morgan fingerprint density at radius 1 is 0.882 bits per heavy atom. The molecular weight excluding hydrogens is 442 g/mol. The van der Waals surface area contributed by atoms with Crippen molar-refractivity contribution in [2.75, 3.05) is 20.8 Å². The lowest BCUT2D eigenvalue weighted by molar-refractivity contribution is -0.135. The van der Waals surface area contributed by atoms with Gasteiger partial charge in [0.05, 0.1) is 27.3 Å². The van der Waals surface area contributed by atoms with Crippen LogP contribution in [0, 0.1) is 0 Å². The third-order valence-electron chi connectivity index (χ3n) is 5.23. The molecule has 0 atom stereocenters. The van der Waals surface area contributed by atoms with Crippen molar-refractivity contribution < 1.29 is 24.5 Å². The molecule has 1 aromatic heterocycles. The van der Waals surface area contributed by atoms with E-state index >= 15 is 0 Å². The number of ether oxygens (including phenoxy) is 2. The first-order chi connectivity index (χ1) is 16.3. The van der Waals surface area contributed by atoms with Crippen molar-refractivity contribution in [3.05, 3.63) is 91.1 Å². The molecule has 0 aliphatic rings. The van der Waals surface area contributed by atoms with Crippen molar-refractivity contribution in [2.45, 2.75) is 13.1 Å². The van der Waals surface area contributed by atoms with Gasteiger partial charge < -0.3 is 25.0 Å². The summed E-state index contributed by atoms with van der Waals surface area (Å²) in [5.74, 6) is -1.06. The van der Waals surface area contributed by atoms with Gasteiger partial charge in [-0.1, -0.05) is 43.0 Å². The van der Waals surface area contributed by atoms with Crippen molar-refractivity contribution in [3.8, 4) is 11.5 Å². The summed E-state index contributed by atoms with van der Waals surface area (Å²) >= 11 is 0. The number of nitrogens with one attached hydrogen (secondary N) is 1. The molecule has 0 radical (unpaired) electrons. The lowest BCUT2D eigenvalue weighted by Gasteiger charge is -2.16. The van der Waals surface area contributed by atoms with Crippen molar-refractivity contribution >= 4 is 18.4 Å². The molecule has 3 rings (SSSR count). The summed E-state index contributed by atoms with van der Waals surface area (Å²) in [4.78, 5) is 37.5. The normalized spacial score (nSPS) is 10.5. The highest BCUT2D eigenvalue weighted by atomic mass is 16.5. The summed E-state index contributed by atoms with van der Waals surface area (Å²) in [5, 5.41) is 21.0. The van der Waals surface area contributed by atoms with Gasteiger partial charge in [-0.3, -0.25) is 23.5 Å². The van der Waals surface area contributed by atoms with E-state index in [1.807, 2.05) is 0 Å². The largest absolute Gasteiger partial charge is 0.496 e. The zero-order valence-corrected chi connectivity index (χ0v) is 18.8. The Morgan fingerprint density at radius 2 is 1.32 bits per heavy atom. The summed E-state index contributed by atoms with van der Waals surface area (Å²) in [6.45, 7) is 3.26. The summed E-state index contributed by atoms with van der Waals surface area (Å²) in [5.41, 5.74) is -0.284. The van der Waals surface area contributed by atoms with Gasteiger partial charge in [0.25, 0.3) is 11.1 Å². The number of hydrogen-bond acceptors (Lipinski definition) is 7. The van der Waals surface area contributed by atoms with Crippen LogP contribution in [0.15, 0.2) is 58.1 Å². The number of aliphatic carboxylic acids is 1. The molecule has 10 heteroatoms. The number of aromatic nitrogens is 2. The molecule has 0 aliphatic carbocycles. The van der Waals surface area contributed by atoms with Gasteiger partial charge in [-0.25, -0.2) is 0 Å². The fraction of sp³-hybridized carbons (Fsp3) is 0.208. The highest BCUT2D eigenvalue weighted by Gasteiger charge is 2.16. The second-order valence-corrected chi connectivity index (χ2v) is 7.29. The number of methoxy groups -OCH3 is 2. The van der Waals surface area contributed by atoms with Gasteiger partial charge in [-0.15, -0.1) is 0 Å². The summed E-state index contributed by atoms with van der Waals surface area (Å²) in [6, 6.07) is 14.1. The molecule has 10 nitrogen and oxygen atoms in total. The van der Waals surface area contributed by atoms with Gasteiger partial charge in [0.2, 0.25) is 5.88 Å². The molecule has 0 unspecified atom stereocenters. The monoisotopic (exact) mass is 467 g/mol. The first-order valence-corrected chi connectivity index (χ1v) is 10.2. The number of para-hydroxylation sites is 2. The summed E-state index contributed by atoms with van der Waals surface area (Å²) < 4.78 is 13.2. The van der Waals surface area contributed by atoms with Gasteiger partial charge in [-0.2, -0.15) is 0 Å². The first-order valence-electron chi connectivity index (χ1n) is 10.2. The molecule has 0 saturated heterocycles. The topological polar surface area (TPSA) is 132 Å². The molecular formula is C24H25N3O7. The van der Waals surface area contributed by atoms with Crippen LogP contribution in [0.25, 0.3) is 12.5 Å². The second kappa shape index (κ2) is 10.4. The Hall–Kier alpha value is -4.47. The van der Waals surface area contributed by atoms with E-state index < -0.39 is 34.7 Å². The molecule has 0 bridgehead atoms. The molecule has 3 N–H and O–H groups in total. The van der Waals surface area contributed by atoms with E-state index in [2.05, 4.69) is 11.9 Å². The Bertz CT molecular complexity index is 1350. The number of carboxylic acid groups (broad SMARTS) is 1. The fourth-order valence-corrected chi connectivity index (χ4v) is 3.53. The molecule has 178 valence electrons. The first kappa shape index (κ1) is 24.2. The molecule has 3 aromatic rings. The minimum absolute atomic E-state index is 0.00685. The minimum Gasteiger partial charge on any atom is -0.496 e. The fourth-order valence-electron chi connectivity index (χ4n) is 3.53. The molecule has 2 aromatic carbocycles. The van der Waals surface area contributed by atoms with Crippen LogP contribution in [0.4, 0.5) is 0 Å². The second-order valence-electron chi connectivity index (χ2n) is 7.29. The number of rotatable bonds is 9. The van der Waals surface area contributed by atoms with E-state index in [4.69, 9.17) is 14.6 Å². The van der Waals surface area contributed by atoms with Crippen molar-refractivity contribution in [2.24, 2.45) is 0 Å². The maximum absolute atomic E-state index is 13.3. The predicted molar refractivity (Wildman–Crippen MR) is 126 cm³/mol. The molecule has 0 spiro atoms. The Balaban J connectivity index is 2.29. The lowest BCUT2D eigenvalue weighted by Crippen LogP contribution is -2.59. The predicted octanol–water partition coefficient (Wildman–Crippen LogP) is -0.168. The number of aliphatic hydroxyl groups excluding tert-OH is 1. The van der Waals surface area contributed by atoms with Crippen LogP contribution in [-0.2, 0) is 17.9 Å². The van der Waals surface area contributed by atoms with Crippen LogP contribution in [0.3, 0.4) is 0 Å². The highest BCUT2D eigenvalue weighted by molar-refractivity contribution is 5.70. The van der Waals surface area contributed by atoms with E-state index in [-0.39, 0.29) is 18.6 Å². The zero-order valence-electron chi connectivity index (χ0n) is 18.8. The molecule has 0 aliphatic heterocycles. The number of nitrogens with zero attached hydrogens (tertiary/aromatic N) is 2. The Kier molecular flexibility index (Phi) is 7.42. The summed E-state index contributed by atoms with van der Waals surface area (Å²) in [6.07, 6.45) is 0. The maximum Gasteiger partial charge on any atom is 0.322 e. The van der Waals surface area contributed by atoms with Crippen molar-refractivity contribution in [1.29, 1.82) is 0 Å². The van der Waals surface area contributed by atoms with Crippen LogP contribution < -0.4 is 36.6 Å². The van der Waals surface area contributed by atoms with Gasteiger partial charge in [0.15, 0.2) is 5.22 Å². The molecule has 34 heavy (non-hydrogen) atoms. The number of carbonyl (C=O) groups is 1. The van der Waals surface area contributed by atoms with Crippen LogP contribution in [0.2, 0.25) is 0 Å². The van der Waals surface area contributed by atoms with E-state index in [0.29, 0.717) is 22.6 Å². The van der Waals surface area contributed by atoms with E-state index in [1.165, 1.54) is 23.4 Å². The van der Waals surface area contributed by atoms with E-state index in [0.717, 1.165) is 0 Å². The van der Waals surface area contributed by atoms with Gasteiger partial charge in [0, 0.05) is 11.1 Å². The lowest BCUT2D eigenvalue weighted by atomic mass is 10.2. The van der Waals surface area contributed by atoms with Gasteiger partial charge in [-0.05, 0) is 12.1 Å². The average molecular weight is 467 g/mol. The minimum atomic E-state index is -1.27. The maximum atomic E-state index is 13.3. The SMILES string of the molecule is C=c1n(Cc2ccccc2OC)c(=O)c(=C(O)NCC(=O)O)c(=O)n1Cc1ccccc1OC. The van der Waals surface area contributed by atoms with Crippen LogP contribution in [0.5, 0.6) is 11.5 Å². The Labute approximate surface area is 194 Å². The standard InChI is InChI=1S/C24H25N3O7/c1-15-26(13-16-8-4-6-10-18(16)33-2)23(31)21(22(30)25-12-20(28)29)24(32)27(15)14-17-9-5-7-11-19(17)34-3/h4-11,25,30H,1,12-14H2,2-3H3,(H,28,29). The number of carboxylic acids is 1. The molecule has 0 saturated carbocycles. The van der Waals surface area contributed by atoms with Crippen molar-refractivity contribution in [1.82, 2.24) is 14.5 Å².